The number of hydrogen-bond acceptors (Lipinski definition) is 4. The summed E-state index contributed by atoms with van der Waals surface area (Å²) in [5.41, 5.74) is 2.42. The molecule has 7 heteroatoms. The van der Waals surface area contributed by atoms with Gasteiger partial charge in [0.05, 0.1) is 5.60 Å². The quantitative estimate of drug-likeness (QED) is 0.764. The summed E-state index contributed by atoms with van der Waals surface area (Å²) in [6, 6.07) is 2.01. The average Bonchev–Trinajstić information content (AvgIpc) is 3.24. The number of pyridine rings is 1. The lowest BCUT2D eigenvalue weighted by Gasteiger charge is -2.53. The molecule has 0 aromatic carbocycles. The predicted octanol–water partition coefficient (Wildman–Crippen LogP) is 0.898. The number of aromatic amines is 1. The number of hydrogen-bond donors (Lipinski definition) is 2. The van der Waals surface area contributed by atoms with Crippen LogP contribution in [0.25, 0.3) is 11.0 Å². The van der Waals surface area contributed by atoms with E-state index in [1.54, 1.807) is 6.20 Å². The molecule has 6 nitrogen and oxygen atoms in total. The Bertz CT molecular complexity index is 843. The Morgan fingerprint density at radius 2 is 2.38 bits per heavy atom. The summed E-state index contributed by atoms with van der Waals surface area (Å²) in [5, 5.41) is 11.4. The van der Waals surface area contributed by atoms with Crippen LogP contribution in [0.15, 0.2) is 18.5 Å². The van der Waals surface area contributed by atoms with E-state index in [0.29, 0.717) is 6.42 Å². The molecular formula is C17H20BN3O3. The van der Waals surface area contributed by atoms with Crippen molar-refractivity contribution in [3.63, 3.8) is 0 Å². The van der Waals surface area contributed by atoms with Gasteiger partial charge in [-0.25, -0.2) is 4.98 Å². The highest BCUT2D eigenvalue weighted by molar-refractivity contribution is 6.62. The molecule has 4 heterocycles. The lowest BCUT2D eigenvalue weighted by atomic mass is 9.56. The third-order valence-electron chi connectivity index (χ3n) is 6.09. The molecule has 1 saturated heterocycles. The lowest BCUT2D eigenvalue weighted by molar-refractivity contribution is -0.135. The van der Waals surface area contributed by atoms with Gasteiger partial charge in [-0.05, 0) is 36.3 Å². The Kier molecular flexibility index (Phi) is 2.78. The fourth-order valence-corrected chi connectivity index (χ4v) is 5.14. The second-order valence-corrected chi connectivity index (χ2v) is 7.57. The third-order valence-corrected chi connectivity index (χ3v) is 6.09. The lowest BCUT2D eigenvalue weighted by Crippen LogP contribution is -2.52. The van der Waals surface area contributed by atoms with Crippen LogP contribution in [0, 0.1) is 5.41 Å². The molecule has 0 atom stereocenters. The van der Waals surface area contributed by atoms with Gasteiger partial charge in [0, 0.05) is 42.8 Å². The van der Waals surface area contributed by atoms with E-state index >= 15 is 0 Å². The fraction of sp³-hybridized carbons (Fsp3) is 0.529. The van der Waals surface area contributed by atoms with Gasteiger partial charge in [-0.15, -0.1) is 0 Å². The van der Waals surface area contributed by atoms with E-state index < -0.39 is 12.7 Å². The first-order valence-electron chi connectivity index (χ1n) is 8.66. The molecule has 0 radical (unpaired) electrons. The number of fused-ring (bicyclic) bond motifs is 4. The molecule has 3 aliphatic rings. The van der Waals surface area contributed by atoms with E-state index in [2.05, 4.69) is 9.97 Å². The number of nitrogens with one attached hydrogen (secondary N) is 1. The van der Waals surface area contributed by atoms with Crippen molar-refractivity contribution in [2.75, 3.05) is 13.1 Å². The van der Waals surface area contributed by atoms with Gasteiger partial charge in [-0.3, -0.25) is 4.79 Å². The van der Waals surface area contributed by atoms with Crippen LogP contribution in [0.1, 0.15) is 38.2 Å². The van der Waals surface area contributed by atoms with Crippen LogP contribution < -0.4 is 5.46 Å². The molecule has 2 aliphatic heterocycles. The monoisotopic (exact) mass is 325 g/mol. The second kappa shape index (κ2) is 4.61. The van der Waals surface area contributed by atoms with Crippen LogP contribution in [0.3, 0.4) is 0 Å². The zero-order valence-electron chi connectivity index (χ0n) is 13.7. The van der Waals surface area contributed by atoms with Gasteiger partial charge in [0.2, 0.25) is 5.91 Å². The number of likely N-dealkylation sites (tertiary alicyclic amines) is 1. The van der Waals surface area contributed by atoms with E-state index in [1.807, 2.05) is 24.1 Å². The third kappa shape index (κ3) is 1.74. The molecule has 5 rings (SSSR count). The van der Waals surface area contributed by atoms with E-state index in [4.69, 9.17) is 4.65 Å². The van der Waals surface area contributed by atoms with Gasteiger partial charge < -0.3 is 19.6 Å². The normalized spacial score (nSPS) is 31.2. The van der Waals surface area contributed by atoms with Crippen molar-refractivity contribution in [2.24, 2.45) is 5.41 Å². The minimum absolute atomic E-state index is 0.137. The maximum Gasteiger partial charge on any atom is 0.493 e. The van der Waals surface area contributed by atoms with Gasteiger partial charge in [-0.2, -0.15) is 0 Å². The predicted molar refractivity (Wildman–Crippen MR) is 89.6 cm³/mol. The van der Waals surface area contributed by atoms with Crippen LogP contribution in [0.5, 0.6) is 0 Å². The largest absolute Gasteiger partial charge is 0.493 e. The molecule has 2 spiro atoms. The summed E-state index contributed by atoms with van der Waals surface area (Å²) in [6.45, 7) is 3.57. The molecular weight excluding hydrogens is 305 g/mol. The molecule has 0 unspecified atom stereocenters. The number of aromatic nitrogens is 2. The zero-order valence-corrected chi connectivity index (χ0v) is 13.7. The SMILES string of the molecule is CCC(=O)N1CCC2(C1)CC1(C2)OB(O)c2cnc3[nH]ccc3c21. The molecule has 124 valence electrons. The Hall–Kier alpha value is -1.86. The average molecular weight is 325 g/mol. The minimum Gasteiger partial charge on any atom is -0.423 e. The summed E-state index contributed by atoms with van der Waals surface area (Å²) in [6.07, 6.45) is 6.91. The number of H-pyrrole nitrogens is 1. The maximum atomic E-state index is 12.0. The molecule has 2 N–H and O–H groups in total. The smallest absolute Gasteiger partial charge is 0.423 e. The highest BCUT2D eigenvalue weighted by Gasteiger charge is 2.63. The van der Waals surface area contributed by atoms with Crippen molar-refractivity contribution < 1.29 is 14.5 Å². The maximum absolute atomic E-state index is 12.0. The number of nitrogens with zero attached hydrogens (tertiary/aromatic N) is 2. The number of carbonyl (C=O) groups excluding carboxylic acids is 1. The molecule has 2 aromatic heterocycles. The highest BCUT2D eigenvalue weighted by Crippen LogP contribution is 2.62. The molecule has 1 saturated carbocycles. The van der Waals surface area contributed by atoms with Crippen molar-refractivity contribution in [1.82, 2.24) is 14.9 Å². The first kappa shape index (κ1) is 14.5. The minimum atomic E-state index is -0.904. The summed E-state index contributed by atoms with van der Waals surface area (Å²) in [4.78, 5) is 21.5. The fourth-order valence-electron chi connectivity index (χ4n) is 5.14. The van der Waals surface area contributed by atoms with Crippen molar-refractivity contribution in [1.29, 1.82) is 0 Å². The topological polar surface area (TPSA) is 78.5 Å². The first-order chi connectivity index (χ1) is 11.6. The van der Waals surface area contributed by atoms with E-state index in [9.17, 15) is 9.82 Å². The van der Waals surface area contributed by atoms with Gasteiger partial charge in [-0.1, -0.05) is 6.92 Å². The van der Waals surface area contributed by atoms with Crippen molar-refractivity contribution in [3.05, 3.63) is 24.0 Å². The van der Waals surface area contributed by atoms with E-state index in [1.165, 1.54) is 0 Å². The van der Waals surface area contributed by atoms with Crippen LogP contribution in [-0.4, -0.2) is 46.0 Å². The molecule has 0 bridgehead atoms. The van der Waals surface area contributed by atoms with Crippen LogP contribution in [-0.2, 0) is 15.0 Å². The van der Waals surface area contributed by atoms with Crippen LogP contribution in [0.4, 0.5) is 0 Å². The Labute approximate surface area is 140 Å². The highest BCUT2D eigenvalue weighted by atomic mass is 16.5. The molecule has 1 amide bonds. The van der Waals surface area contributed by atoms with Crippen molar-refractivity contribution >= 4 is 29.5 Å². The summed E-state index contributed by atoms with van der Waals surface area (Å²) < 4.78 is 6.04. The second-order valence-electron chi connectivity index (χ2n) is 7.57. The van der Waals surface area contributed by atoms with E-state index in [0.717, 1.165) is 54.4 Å². The zero-order chi connectivity index (χ0) is 16.5. The van der Waals surface area contributed by atoms with Gasteiger partial charge in [0.15, 0.2) is 0 Å². The van der Waals surface area contributed by atoms with E-state index in [-0.39, 0.29) is 11.3 Å². The van der Waals surface area contributed by atoms with Crippen molar-refractivity contribution in [3.8, 4) is 0 Å². The number of rotatable bonds is 1. The summed E-state index contributed by atoms with van der Waals surface area (Å²) in [7, 11) is -0.904. The van der Waals surface area contributed by atoms with Crippen LogP contribution in [0.2, 0.25) is 0 Å². The Morgan fingerprint density at radius 1 is 1.54 bits per heavy atom. The Morgan fingerprint density at radius 3 is 3.17 bits per heavy atom. The number of amides is 1. The van der Waals surface area contributed by atoms with Crippen molar-refractivity contribution in [2.45, 2.75) is 38.2 Å². The number of carbonyl (C=O) groups is 1. The van der Waals surface area contributed by atoms with Gasteiger partial charge in [0.1, 0.15) is 5.65 Å². The Balaban J connectivity index is 1.49. The standard InChI is InChI=1S/C17H20BN3O3/c1-2-13(22)21-6-4-16(10-21)8-17(9-16)14-11-3-5-19-15(11)20-7-12(14)18(23)24-17/h3,5,7,23H,2,4,6,8-10H2,1H3,(H,19,20). The molecule has 24 heavy (non-hydrogen) atoms. The summed E-state index contributed by atoms with van der Waals surface area (Å²) in [5.74, 6) is 0.234. The first-order valence-corrected chi connectivity index (χ1v) is 8.66. The molecule has 2 fully saturated rings. The van der Waals surface area contributed by atoms with Gasteiger partial charge in [0.25, 0.3) is 0 Å². The summed E-state index contributed by atoms with van der Waals surface area (Å²) >= 11 is 0. The van der Waals surface area contributed by atoms with Gasteiger partial charge >= 0.3 is 7.12 Å². The van der Waals surface area contributed by atoms with Crippen LogP contribution >= 0.6 is 0 Å². The molecule has 1 aliphatic carbocycles. The molecule has 2 aromatic rings.